The van der Waals surface area contributed by atoms with E-state index in [1.54, 1.807) is 30.3 Å². The summed E-state index contributed by atoms with van der Waals surface area (Å²) in [5.74, 6) is 0.677. The molecule has 0 saturated carbocycles. The first-order valence-corrected chi connectivity index (χ1v) is 9.89. The number of fused-ring (bicyclic) bond motifs is 1. The molecule has 4 amide bonds. The third-order valence-corrected chi connectivity index (χ3v) is 5.16. The van der Waals surface area contributed by atoms with Gasteiger partial charge in [0.15, 0.2) is 11.5 Å². The molecule has 0 bridgehead atoms. The number of halogens is 1. The molecule has 0 radical (unpaired) electrons. The van der Waals surface area contributed by atoms with Crippen molar-refractivity contribution >= 4 is 29.4 Å². The number of amides is 4. The Morgan fingerprint density at radius 3 is 2.80 bits per heavy atom. The molecule has 9 heteroatoms. The van der Waals surface area contributed by atoms with E-state index >= 15 is 0 Å². The molecular formula is C21H20ClN3O5. The van der Waals surface area contributed by atoms with Crippen LogP contribution >= 0.6 is 11.6 Å². The van der Waals surface area contributed by atoms with Crippen LogP contribution in [-0.2, 0) is 22.7 Å². The predicted molar refractivity (Wildman–Crippen MR) is 108 cm³/mol. The third kappa shape index (κ3) is 4.49. The molecule has 156 valence electrons. The summed E-state index contributed by atoms with van der Waals surface area (Å²) >= 11 is 5.93. The minimum absolute atomic E-state index is 0.120. The number of nitrogens with zero attached hydrogens (tertiary/aromatic N) is 1. The van der Waals surface area contributed by atoms with E-state index in [1.165, 1.54) is 0 Å². The Labute approximate surface area is 178 Å². The summed E-state index contributed by atoms with van der Waals surface area (Å²) in [4.78, 5) is 38.1. The van der Waals surface area contributed by atoms with Gasteiger partial charge in [-0.3, -0.25) is 14.5 Å². The van der Waals surface area contributed by atoms with Crippen LogP contribution < -0.4 is 20.1 Å². The molecule has 0 spiro atoms. The van der Waals surface area contributed by atoms with Crippen molar-refractivity contribution in [2.45, 2.75) is 32.0 Å². The molecule has 2 aliphatic rings. The van der Waals surface area contributed by atoms with Gasteiger partial charge in [0.1, 0.15) is 6.04 Å². The zero-order valence-corrected chi connectivity index (χ0v) is 16.8. The van der Waals surface area contributed by atoms with Crippen molar-refractivity contribution in [1.82, 2.24) is 15.5 Å². The number of carbonyl (C=O) groups excluding carboxylic acids is 3. The molecule has 2 aromatic carbocycles. The van der Waals surface area contributed by atoms with Crippen LogP contribution in [0.1, 0.15) is 24.0 Å². The summed E-state index contributed by atoms with van der Waals surface area (Å²) < 4.78 is 10.6. The minimum Gasteiger partial charge on any atom is -0.454 e. The van der Waals surface area contributed by atoms with Crippen LogP contribution in [0.25, 0.3) is 0 Å². The van der Waals surface area contributed by atoms with Crippen molar-refractivity contribution in [3.63, 3.8) is 0 Å². The number of hydrogen-bond donors (Lipinski definition) is 2. The first-order chi connectivity index (χ1) is 14.5. The summed E-state index contributed by atoms with van der Waals surface area (Å²) in [7, 11) is 0. The fourth-order valence-corrected chi connectivity index (χ4v) is 3.57. The number of urea groups is 1. The fraction of sp³-hybridized carbons (Fsp3) is 0.286. The van der Waals surface area contributed by atoms with Crippen LogP contribution in [0.2, 0.25) is 5.02 Å². The van der Waals surface area contributed by atoms with E-state index in [2.05, 4.69) is 10.6 Å². The van der Waals surface area contributed by atoms with E-state index in [1.807, 2.05) is 12.1 Å². The molecule has 1 saturated heterocycles. The first-order valence-electron chi connectivity index (χ1n) is 9.51. The summed E-state index contributed by atoms with van der Waals surface area (Å²) in [5, 5.41) is 6.04. The second kappa shape index (κ2) is 8.62. The molecule has 0 aliphatic carbocycles. The van der Waals surface area contributed by atoms with E-state index in [4.69, 9.17) is 21.1 Å². The Hall–Kier alpha value is -3.26. The van der Waals surface area contributed by atoms with Crippen LogP contribution in [0.4, 0.5) is 4.79 Å². The van der Waals surface area contributed by atoms with Crippen molar-refractivity contribution in [1.29, 1.82) is 0 Å². The standard InChI is InChI=1S/C21H20ClN3O5/c22-15-3-1-2-13(8-15)10-23-19(26)7-5-16-20(27)25(21(28)24-16)11-14-4-6-17-18(9-14)30-12-29-17/h1-4,6,8-9,16H,5,7,10-12H2,(H,23,26)(H,24,28). The predicted octanol–water partition coefficient (Wildman–Crippen LogP) is 2.59. The maximum Gasteiger partial charge on any atom is 0.325 e. The highest BCUT2D eigenvalue weighted by molar-refractivity contribution is 6.30. The van der Waals surface area contributed by atoms with Gasteiger partial charge < -0.3 is 20.1 Å². The number of benzene rings is 2. The van der Waals surface area contributed by atoms with Gasteiger partial charge in [-0.2, -0.15) is 0 Å². The van der Waals surface area contributed by atoms with E-state index in [0.29, 0.717) is 23.1 Å². The van der Waals surface area contributed by atoms with Gasteiger partial charge in [-0.05, 0) is 41.8 Å². The van der Waals surface area contributed by atoms with Gasteiger partial charge in [0, 0.05) is 18.0 Å². The van der Waals surface area contributed by atoms with E-state index in [0.717, 1.165) is 16.0 Å². The van der Waals surface area contributed by atoms with Crippen molar-refractivity contribution in [3.05, 3.63) is 58.6 Å². The van der Waals surface area contributed by atoms with Crippen LogP contribution in [0.3, 0.4) is 0 Å². The van der Waals surface area contributed by atoms with Gasteiger partial charge >= 0.3 is 6.03 Å². The molecule has 2 heterocycles. The lowest BCUT2D eigenvalue weighted by molar-refractivity contribution is -0.128. The van der Waals surface area contributed by atoms with Crippen molar-refractivity contribution < 1.29 is 23.9 Å². The van der Waals surface area contributed by atoms with Gasteiger partial charge in [-0.1, -0.05) is 29.8 Å². The van der Waals surface area contributed by atoms with E-state index in [9.17, 15) is 14.4 Å². The maximum absolute atomic E-state index is 12.6. The Morgan fingerprint density at radius 1 is 1.13 bits per heavy atom. The minimum atomic E-state index is -0.719. The Balaban J connectivity index is 1.28. The molecule has 1 unspecified atom stereocenters. The molecule has 1 fully saturated rings. The monoisotopic (exact) mass is 429 g/mol. The number of rotatable bonds is 7. The SMILES string of the molecule is O=C(CCC1NC(=O)N(Cc2ccc3c(c2)OCO3)C1=O)NCc1cccc(Cl)c1. The zero-order chi connectivity index (χ0) is 21.1. The maximum atomic E-state index is 12.6. The number of nitrogens with one attached hydrogen (secondary N) is 2. The zero-order valence-electron chi connectivity index (χ0n) is 16.0. The summed E-state index contributed by atoms with van der Waals surface area (Å²) in [6.45, 7) is 0.628. The lowest BCUT2D eigenvalue weighted by Crippen LogP contribution is -2.32. The Bertz CT molecular complexity index is 996. The van der Waals surface area contributed by atoms with Crippen molar-refractivity contribution in [2.75, 3.05) is 6.79 Å². The van der Waals surface area contributed by atoms with Crippen LogP contribution in [0.5, 0.6) is 11.5 Å². The van der Waals surface area contributed by atoms with Crippen molar-refractivity contribution in [2.24, 2.45) is 0 Å². The molecule has 2 N–H and O–H groups in total. The Kier molecular flexibility index (Phi) is 5.76. The molecule has 8 nitrogen and oxygen atoms in total. The highest BCUT2D eigenvalue weighted by atomic mass is 35.5. The van der Waals surface area contributed by atoms with Crippen LogP contribution in [0, 0.1) is 0 Å². The van der Waals surface area contributed by atoms with Gasteiger partial charge in [0.2, 0.25) is 12.7 Å². The van der Waals surface area contributed by atoms with E-state index in [-0.39, 0.29) is 38.0 Å². The van der Waals surface area contributed by atoms with Gasteiger partial charge in [-0.15, -0.1) is 0 Å². The van der Waals surface area contributed by atoms with Crippen LogP contribution in [-0.4, -0.2) is 35.6 Å². The molecule has 30 heavy (non-hydrogen) atoms. The topological polar surface area (TPSA) is 97.0 Å². The highest BCUT2D eigenvalue weighted by Gasteiger charge is 2.38. The molecule has 2 aromatic rings. The number of ether oxygens (including phenoxy) is 2. The second-order valence-corrected chi connectivity index (χ2v) is 7.50. The average molecular weight is 430 g/mol. The molecular weight excluding hydrogens is 410 g/mol. The highest BCUT2D eigenvalue weighted by Crippen LogP contribution is 2.33. The number of carbonyl (C=O) groups is 3. The van der Waals surface area contributed by atoms with Crippen molar-refractivity contribution in [3.8, 4) is 11.5 Å². The van der Waals surface area contributed by atoms with Crippen LogP contribution in [0.15, 0.2) is 42.5 Å². The summed E-state index contributed by atoms with van der Waals surface area (Å²) in [6.07, 6.45) is 0.346. The lowest BCUT2D eigenvalue weighted by atomic mass is 10.1. The summed E-state index contributed by atoms with van der Waals surface area (Å²) in [6, 6.07) is 11.3. The smallest absolute Gasteiger partial charge is 0.325 e. The lowest BCUT2D eigenvalue weighted by Gasteiger charge is -2.13. The number of imide groups is 1. The second-order valence-electron chi connectivity index (χ2n) is 7.06. The quantitative estimate of drug-likeness (QED) is 0.659. The first kappa shape index (κ1) is 20.0. The third-order valence-electron chi connectivity index (χ3n) is 4.92. The van der Waals surface area contributed by atoms with Gasteiger partial charge in [0.05, 0.1) is 6.54 Å². The molecule has 2 aliphatic heterocycles. The number of hydrogen-bond acceptors (Lipinski definition) is 5. The largest absolute Gasteiger partial charge is 0.454 e. The Morgan fingerprint density at radius 2 is 1.97 bits per heavy atom. The summed E-state index contributed by atoms with van der Waals surface area (Å²) in [5.41, 5.74) is 1.64. The van der Waals surface area contributed by atoms with E-state index < -0.39 is 12.1 Å². The molecule has 0 aromatic heterocycles. The van der Waals surface area contributed by atoms with Gasteiger partial charge in [0.25, 0.3) is 5.91 Å². The molecule has 1 atom stereocenters. The molecule has 4 rings (SSSR count). The average Bonchev–Trinajstić information content (AvgIpc) is 3.30. The fourth-order valence-electron chi connectivity index (χ4n) is 3.36. The normalized spacial score (nSPS) is 17.2. The van der Waals surface area contributed by atoms with Gasteiger partial charge in [-0.25, -0.2) is 4.79 Å².